The molecule has 0 saturated heterocycles. The molecule has 9 heteroatoms. The van der Waals surface area contributed by atoms with Gasteiger partial charge in [-0.15, -0.1) is 0 Å². The lowest BCUT2D eigenvalue weighted by Gasteiger charge is -2.06. The number of rotatable bonds is 5. The van der Waals surface area contributed by atoms with E-state index in [-0.39, 0.29) is 23.9 Å². The van der Waals surface area contributed by atoms with Gasteiger partial charge >= 0.3 is 0 Å². The molecule has 1 amide bonds. The predicted molar refractivity (Wildman–Crippen MR) is 76.2 cm³/mol. The van der Waals surface area contributed by atoms with E-state index in [4.69, 9.17) is 4.74 Å². The quantitative estimate of drug-likeness (QED) is 0.846. The molecular weight excluding hydrogens is 347 g/mol. The Balaban J connectivity index is 2.16. The zero-order valence-corrected chi connectivity index (χ0v) is 12.2. The zero-order valence-electron chi connectivity index (χ0n) is 10.6. The van der Waals surface area contributed by atoms with Gasteiger partial charge in [0, 0.05) is 16.7 Å². The number of nitrogens with zero attached hydrogens (tertiary/aromatic N) is 2. The second-order valence-corrected chi connectivity index (χ2v) is 4.71. The number of hydrogen-bond donors (Lipinski definition) is 2. The topological polar surface area (TPSA) is 97.0 Å². The fourth-order valence-electron chi connectivity index (χ4n) is 1.42. The van der Waals surface area contributed by atoms with Crippen molar-refractivity contribution in [3.05, 3.63) is 45.2 Å². The van der Waals surface area contributed by atoms with Crippen LogP contribution in [0.1, 0.15) is 10.5 Å². The number of aromatic amines is 1. The maximum absolute atomic E-state index is 12.0. The van der Waals surface area contributed by atoms with E-state index in [0.717, 1.165) is 6.33 Å². The maximum Gasteiger partial charge on any atom is 0.274 e. The van der Waals surface area contributed by atoms with Crippen LogP contribution in [0.5, 0.6) is 5.88 Å². The van der Waals surface area contributed by atoms with Crippen LogP contribution >= 0.6 is 15.9 Å². The van der Waals surface area contributed by atoms with Gasteiger partial charge in [0.2, 0.25) is 5.88 Å². The van der Waals surface area contributed by atoms with E-state index in [9.17, 15) is 14.0 Å². The average Bonchev–Trinajstić information content (AvgIpc) is 2.49. The van der Waals surface area contributed by atoms with Crippen molar-refractivity contribution in [1.29, 1.82) is 0 Å². The van der Waals surface area contributed by atoms with Crippen molar-refractivity contribution in [1.82, 2.24) is 15.0 Å². The standard InChI is InChI=1S/C12H10BrFN4O3/c13-7-3-9(11(19)15-5-7)18-12(20)8-4-10(17-6-16-8)21-2-1-14/h3-6H,1-2H2,(H,15,19)(H,18,20). The third-order valence-electron chi connectivity index (χ3n) is 2.32. The van der Waals surface area contributed by atoms with Gasteiger partial charge in [0.15, 0.2) is 0 Å². The molecule has 0 atom stereocenters. The molecule has 0 aliphatic heterocycles. The first kappa shape index (κ1) is 15.1. The van der Waals surface area contributed by atoms with Gasteiger partial charge in [-0.05, 0) is 22.0 Å². The first-order valence-corrected chi connectivity index (χ1v) is 6.60. The molecule has 0 aliphatic carbocycles. The van der Waals surface area contributed by atoms with Crippen LogP contribution in [0.4, 0.5) is 10.1 Å². The largest absolute Gasteiger partial charge is 0.475 e. The Kier molecular flexibility index (Phi) is 4.99. The number of amides is 1. The van der Waals surface area contributed by atoms with E-state index < -0.39 is 18.1 Å². The number of aromatic nitrogens is 3. The van der Waals surface area contributed by atoms with Crippen molar-refractivity contribution in [2.45, 2.75) is 0 Å². The van der Waals surface area contributed by atoms with E-state index in [1.807, 2.05) is 0 Å². The molecule has 2 rings (SSSR count). The van der Waals surface area contributed by atoms with Crippen LogP contribution in [0.2, 0.25) is 0 Å². The maximum atomic E-state index is 12.0. The number of anilines is 1. The molecule has 2 heterocycles. The minimum atomic E-state index is -0.668. The van der Waals surface area contributed by atoms with Crippen LogP contribution in [-0.4, -0.2) is 34.1 Å². The number of H-pyrrole nitrogens is 1. The highest BCUT2D eigenvalue weighted by atomic mass is 79.9. The Morgan fingerprint density at radius 2 is 2.24 bits per heavy atom. The SMILES string of the molecule is O=C(Nc1cc(Br)c[nH]c1=O)c1cc(OCCF)ncn1. The molecule has 0 aliphatic rings. The van der Waals surface area contributed by atoms with Gasteiger partial charge in [-0.2, -0.15) is 0 Å². The van der Waals surface area contributed by atoms with E-state index in [2.05, 4.69) is 36.2 Å². The number of pyridine rings is 1. The third kappa shape index (κ3) is 4.09. The molecular formula is C12H10BrFN4O3. The smallest absolute Gasteiger partial charge is 0.274 e. The molecule has 0 bridgehead atoms. The van der Waals surface area contributed by atoms with Crippen molar-refractivity contribution in [3.8, 4) is 5.88 Å². The summed E-state index contributed by atoms with van der Waals surface area (Å²) in [7, 11) is 0. The Morgan fingerprint density at radius 3 is 3.00 bits per heavy atom. The summed E-state index contributed by atoms with van der Waals surface area (Å²) in [6.45, 7) is -0.831. The molecule has 2 aromatic heterocycles. The van der Waals surface area contributed by atoms with Crippen LogP contribution in [-0.2, 0) is 0 Å². The molecule has 7 nitrogen and oxygen atoms in total. The number of hydrogen-bond acceptors (Lipinski definition) is 5. The van der Waals surface area contributed by atoms with Gasteiger partial charge in [0.25, 0.3) is 11.5 Å². The molecule has 2 N–H and O–H groups in total. The molecule has 2 aromatic rings. The highest BCUT2D eigenvalue weighted by molar-refractivity contribution is 9.10. The summed E-state index contributed by atoms with van der Waals surface area (Å²) in [4.78, 5) is 33.5. The van der Waals surface area contributed by atoms with Gasteiger partial charge in [0.05, 0.1) is 0 Å². The number of nitrogens with one attached hydrogen (secondary N) is 2. The fourth-order valence-corrected chi connectivity index (χ4v) is 1.77. The summed E-state index contributed by atoms with van der Waals surface area (Å²) in [5.74, 6) is -0.526. The summed E-state index contributed by atoms with van der Waals surface area (Å²) in [5, 5.41) is 2.42. The summed E-state index contributed by atoms with van der Waals surface area (Å²) in [6.07, 6.45) is 2.57. The number of halogens is 2. The lowest BCUT2D eigenvalue weighted by atomic mass is 10.3. The van der Waals surface area contributed by atoms with E-state index in [0.29, 0.717) is 4.47 Å². The minimum absolute atomic E-state index is 0.00164. The monoisotopic (exact) mass is 356 g/mol. The number of carbonyl (C=O) groups is 1. The molecule has 21 heavy (non-hydrogen) atoms. The molecule has 110 valence electrons. The highest BCUT2D eigenvalue weighted by Crippen LogP contribution is 2.12. The Hall–Kier alpha value is -2.29. The van der Waals surface area contributed by atoms with Gasteiger partial charge < -0.3 is 15.0 Å². The Labute approximate surface area is 126 Å². The van der Waals surface area contributed by atoms with Crippen LogP contribution in [0.15, 0.2) is 33.9 Å². The zero-order chi connectivity index (χ0) is 15.2. The molecule has 0 unspecified atom stereocenters. The van der Waals surface area contributed by atoms with E-state index in [1.165, 1.54) is 18.3 Å². The molecule has 0 radical (unpaired) electrons. The van der Waals surface area contributed by atoms with E-state index >= 15 is 0 Å². The molecule has 0 fully saturated rings. The lowest BCUT2D eigenvalue weighted by molar-refractivity contribution is 0.102. The number of ether oxygens (including phenoxy) is 1. The summed E-state index contributed by atoms with van der Waals surface area (Å²) in [6, 6.07) is 2.72. The highest BCUT2D eigenvalue weighted by Gasteiger charge is 2.12. The van der Waals surface area contributed by atoms with Crippen molar-refractivity contribution >= 4 is 27.5 Å². The summed E-state index contributed by atoms with van der Waals surface area (Å²) >= 11 is 3.18. The van der Waals surface area contributed by atoms with Crippen molar-refractivity contribution < 1.29 is 13.9 Å². The Morgan fingerprint density at radius 1 is 1.43 bits per heavy atom. The summed E-state index contributed by atoms with van der Waals surface area (Å²) < 4.78 is 17.6. The molecule has 0 aromatic carbocycles. The van der Waals surface area contributed by atoms with Crippen LogP contribution in [0.3, 0.4) is 0 Å². The van der Waals surface area contributed by atoms with Gasteiger partial charge in [-0.3, -0.25) is 9.59 Å². The first-order chi connectivity index (χ1) is 10.1. The number of carbonyl (C=O) groups excluding carboxylic acids is 1. The van der Waals surface area contributed by atoms with Crippen molar-refractivity contribution in [3.63, 3.8) is 0 Å². The van der Waals surface area contributed by atoms with E-state index in [1.54, 1.807) is 0 Å². The number of alkyl halides is 1. The average molecular weight is 357 g/mol. The normalized spacial score (nSPS) is 10.2. The fraction of sp³-hybridized carbons (Fsp3) is 0.167. The van der Waals surface area contributed by atoms with Crippen LogP contribution < -0.4 is 15.6 Å². The first-order valence-electron chi connectivity index (χ1n) is 5.80. The lowest BCUT2D eigenvalue weighted by Crippen LogP contribution is -2.20. The van der Waals surface area contributed by atoms with Gasteiger partial charge in [-0.1, -0.05) is 0 Å². The van der Waals surface area contributed by atoms with Crippen molar-refractivity contribution in [2.75, 3.05) is 18.6 Å². The van der Waals surface area contributed by atoms with Gasteiger partial charge in [0.1, 0.15) is 31.0 Å². The Bertz CT molecular complexity index is 707. The van der Waals surface area contributed by atoms with Crippen molar-refractivity contribution in [2.24, 2.45) is 0 Å². The minimum Gasteiger partial charge on any atom is -0.475 e. The summed E-state index contributed by atoms with van der Waals surface area (Å²) in [5.41, 5.74) is -0.382. The predicted octanol–water partition coefficient (Wildman–Crippen LogP) is 1.53. The molecule has 0 spiro atoms. The second kappa shape index (κ2) is 6.93. The van der Waals surface area contributed by atoms with Gasteiger partial charge in [-0.25, -0.2) is 14.4 Å². The second-order valence-electron chi connectivity index (χ2n) is 3.79. The van der Waals surface area contributed by atoms with Crippen LogP contribution in [0, 0.1) is 0 Å². The molecule has 0 saturated carbocycles. The van der Waals surface area contributed by atoms with Crippen LogP contribution in [0.25, 0.3) is 0 Å². The third-order valence-corrected chi connectivity index (χ3v) is 2.78.